The Morgan fingerprint density at radius 2 is 1.68 bits per heavy atom. The molecule has 1 aliphatic rings. The molecule has 28 heavy (non-hydrogen) atoms. The smallest absolute Gasteiger partial charge is 0.321 e. The Kier molecular flexibility index (Phi) is 6.53. The second kappa shape index (κ2) is 8.89. The normalized spacial score (nSPS) is 23.5. The molecule has 4 heteroatoms. The molecule has 0 heterocycles. The fourth-order valence-corrected chi connectivity index (χ4v) is 4.08. The molecule has 3 N–H and O–H groups in total. The number of aliphatic carboxylic acids is 1. The van der Waals surface area contributed by atoms with E-state index in [0.717, 1.165) is 24.0 Å². The average molecular weight is 382 g/mol. The standard InChI is InChI=1S/C24H31NO3/c1-17(2)19-8-10-20(11-9-19)24(28)14-12-21(13-15-24)25-22(23(26)27)16-18-6-4-3-5-7-18/h3-11,17,21-22,25,28H,12-16H2,1-2H3,(H,26,27)/t21?,22-,24?/m1/s1. The molecule has 2 aromatic carbocycles. The van der Waals surface area contributed by atoms with Gasteiger partial charge in [-0.15, -0.1) is 0 Å². The van der Waals surface area contributed by atoms with Crippen LogP contribution < -0.4 is 5.32 Å². The van der Waals surface area contributed by atoms with Crippen molar-refractivity contribution >= 4 is 5.97 Å². The molecule has 2 aromatic rings. The van der Waals surface area contributed by atoms with E-state index < -0.39 is 17.6 Å². The molecule has 150 valence electrons. The Labute approximate surface area is 167 Å². The minimum Gasteiger partial charge on any atom is -0.480 e. The van der Waals surface area contributed by atoms with Crippen molar-refractivity contribution in [2.75, 3.05) is 0 Å². The summed E-state index contributed by atoms with van der Waals surface area (Å²) in [7, 11) is 0. The molecule has 0 aromatic heterocycles. The number of benzene rings is 2. The van der Waals surface area contributed by atoms with Gasteiger partial charge < -0.3 is 15.5 Å². The zero-order valence-corrected chi connectivity index (χ0v) is 16.8. The van der Waals surface area contributed by atoms with Gasteiger partial charge in [-0.1, -0.05) is 68.4 Å². The van der Waals surface area contributed by atoms with E-state index in [4.69, 9.17) is 0 Å². The number of carbonyl (C=O) groups is 1. The number of rotatable bonds is 7. The van der Waals surface area contributed by atoms with Crippen LogP contribution in [0.25, 0.3) is 0 Å². The van der Waals surface area contributed by atoms with Crippen molar-refractivity contribution in [3.63, 3.8) is 0 Å². The zero-order valence-electron chi connectivity index (χ0n) is 16.8. The molecule has 0 unspecified atom stereocenters. The van der Waals surface area contributed by atoms with Gasteiger partial charge in [-0.05, 0) is 54.7 Å². The summed E-state index contributed by atoms with van der Waals surface area (Å²) in [5, 5.41) is 24.0. The van der Waals surface area contributed by atoms with Crippen LogP contribution in [0, 0.1) is 0 Å². The van der Waals surface area contributed by atoms with Gasteiger partial charge in [0.05, 0.1) is 5.60 Å². The lowest BCUT2D eigenvalue weighted by molar-refractivity contribution is -0.139. The topological polar surface area (TPSA) is 69.6 Å². The minimum absolute atomic E-state index is 0.111. The minimum atomic E-state index is -0.825. The van der Waals surface area contributed by atoms with Crippen LogP contribution in [-0.4, -0.2) is 28.3 Å². The Bertz CT molecular complexity index is 762. The first kappa shape index (κ1) is 20.6. The third-order valence-corrected chi connectivity index (χ3v) is 5.95. The molecule has 1 fully saturated rings. The van der Waals surface area contributed by atoms with Gasteiger partial charge in [0.25, 0.3) is 0 Å². The third-order valence-electron chi connectivity index (χ3n) is 5.95. The van der Waals surface area contributed by atoms with E-state index in [9.17, 15) is 15.0 Å². The maximum Gasteiger partial charge on any atom is 0.321 e. The number of hydrogen-bond donors (Lipinski definition) is 3. The summed E-state index contributed by atoms with van der Waals surface area (Å²) in [6.07, 6.45) is 3.28. The van der Waals surface area contributed by atoms with Gasteiger partial charge in [-0.25, -0.2) is 0 Å². The highest BCUT2D eigenvalue weighted by molar-refractivity contribution is 5.74. The van der Waals surface area contributed by atoms with Crippen LogP contribution in [0.15, 0.2) is 54.6 Å². The molecule has 1 aliphatic carbocycles. The lowest BCUT2D eigenvalue weighted by atomic mass is 9.77. The van der Waals surface area contributed by atoms with Gasteiger partial charge in [-0.3, -0.25) is 4.79 Å². The van der Waals surface area contributed by atoms with Gasteiger partial charge in [0.1, 0.15) is 6.04 Å². The first-order valence-electron chi connectivity index (χ1n) is 10.2. The largest absolute Gasteiger partial charge is 0.480 e. The van der Waals surface area contributed by atoms with Crippen molar-refractivity contribution < 1.29 is 15.0 Å². The molecule has 0 spiro atoms. The van der Waals surface area contributed by atoms with Crippen molar-refractivity contribution in [1.82, 2.24) is 5.32 Å². The predicted octanol–water partition coefficient (Wildman–Crippen LogP) is 4.23. The van der Waals surface area contributed by atoms with Crippen molar-refractivity contribution in [3.8, 4) is 0 Å². The zero-order chi connectivity index (χ0) is 20.1. The van der Waals surface area contributed by atoms with Crippen LogP contribution >= 0.6 is 0 Å². The summed E-state index contributed by atoms with van der Waals surface area (Å²) >= 11 is 0. The monoisotopic (exact) mass is 381 g/mol. The lowest BCUT2D eigenvalue weighted by Gasteiger charge is -2.37. The number of carboxylic acids is 1. The first-order chi connectivity index (χ1) is 13.4. The maximum atomic E-state index is 11.7. The van der Waals surface area contributed by atoms with Gasteiger partial charge in [0, 0.05) is 6.04 Å². The van der Waals surface area contributed by atoms with E-state index in [2.05, 4.69) is 31.3 Å². The summed E-state index contributed by atoms with van der Waals surface area (Å²) in [5.74, 6) is -0.352. The van der Waals surface area contributed by atoms with Crippen LogP contribution in [0.1, 0.15) is 62.1 Å². The fourth-order valence-electron chi connectivity index (χ4n) is 4.08. The van der Waals surface area contributed by atoms with Crippen LogP contribution in [0.5, 0.6) is 0 Å². The van der Waals surface area contributed by atoms with E-state index in [-0.39, 0.29) is 6.04 Å². The number of carboxylic acid groups (broad SMARTS) is 1. The predicted molar refractivity (Wildman–Crippen MR) is 111 cm³/mol. The lowest BCUT2D eigenvalue weighted by Crippen LogP contribution is -2.48. The number of hydrogen-bond acceptors (Lipinski definition) is 3. The molecule has 4 nitrogen and oxygen atoms in total. The van der Waals surface area contributed by atoms with E-state index in [0.29, 0.717) is 25.2 Å². The molecule has 3 rings (SSSR count). The Hall–Kier alpha value is -2.17. The van der Waals surface area contributed by atoms with Crippen LogP contribution in [0.2, 0.25) is 0 Å². The molecular formula is C24H31NO3. The molecule has 1 atom stereocenters. The van der Waals surface area contributed by atoms with E-state index in [1.807, 2.05) is 42.5 Å². The molecule has 1 saturated carbocycles. The highest BCUT2D eigenvalue weighted by Gasteiger charge is 2.36. The van der Waals surface area contributed by atoms with Gasteiger partial charge >= 0.3 is 5.97 Å². The number of aliphatic hydroxyl groups is 1. The summed E-state index contributed by atoms with van der Waals surface area (Å²) in [6, 6.07) is 17.5. The van der Waals surface area contributed by atoms with Crippen molar-refractivity contribution in [2.24, 2.45) is 0 Å². The third kappa shape index (κ3) is 5.00. The van der Waals surface area contributed by atoms with Crippen LogP contribution in [-0.2, 0) is 16.8 Å². The summed E-state index contributed by atoms with van der Waals surface area (Å²) in [4.78, 5) is 11.7. The summed E-state index contributed by atoms with van der Waals surface area (Å²) in [6.45, 7) is 4.32. The van der Waals surface area contributed by atoms with Crippen molar-refractivity contribution in [3.05, 3.63) is 71.3 Å². The second-order valence-corrected chi connectivity index (χ2v) is 8.33. The molecule has 0 radical (unpaired) electrons. The summed E-state index contributed by atoms with van der Waals surface area (Å²) in [5.41, 5.74) is 2.44. The van der Waals surface area contributed by atoms with E-state index in [1.54, 1.807) is 0 Å². The highest BCUT2D eigenvalue weighted by Crippen LogP contribution is 2.37. The highest BCUT2D eigenvalue weighted by atomic mass is 16.4. The average Bonchev–Trinajstić information content (AvgIpc) is 2.70. The number of nitrogens with one attached hydrogen (secondary N) is 1. The fraction of sp³-hybridized carbons (Fsp3) is 0.458. The van der Waals surface area contributed by atoms with Gasteiger partial charge in [0.15, 0.2) is 0 Å². The van der Waals surface area contributed by atoms with Crippen LogP contribution in [0.4, 0.5) is 0 Å². The van der Waals surface area contributed by atoms with Gasteiger partial charge in [0.2, 0.25) is 0 Å². The SMILES string of the molecule is CC(C)c1ccc(C2(O)CCC(N[C@H](Cc3ccccc3)C(=O)O)CC2)cc1. The Balaban J connectivity index is 1.59. The van der Waals surface area contributed by atoms with Gasteiger partial charge in [-0.2, -0.15) is 0 Å². The molecule has 0 amide bonds. The molecular weight excluding hydrogens is 350 g/mol. The maximum absolute atomic E-state index is 11.7. The van der Waals surface area contributed by atoms with E-state index >= 15 is 0 Å². The van der Waals surface area contributed by atoms with E-state index in [1.165, 1.54) is 5.56 Å². The molecule has 0 bridgehead atoms. The summed E-state index contributed by atoms with van der Waals surface area (Å²) < 4.78 is 0. The van der Waals surface area contributed by atoms with Crippen molar-refractivity contribution in [2.45, 2.75) is 69.6 Å². The Morgan fingerprint density at radius 1 is 1.07 bits per heavy atom. The second-order valence-electron chi connectivity index (χ2n) is 8.33. The van der Waals surface area contributed by atoms with Crippen molar-refractivity contribution in [1.29, 1.82) is 0 Å². The first-order valence-corrected chi connectivity index (χ1v) is 10.2. The molecule has 0 aliphatic heterocycles. The molecule has 0 saturated heterocycles. The Morgan fingerprint density at radius 3 is 2.21 bits per heavy atom. The quantitative estimate of drug-likeness (QED) is 0.671. The van der Waals surface area contributed by atoms with Crippen LogP contribution in [0.3, 0.4) is 0 Å².